The number of nitrogens with one attached hydrogen (secondary N) is 2. The average molecular weight is 294 g/mol. The van der Waals surface area contributed by atoms with E-state index in [2.05, 4.69) is 15.3 Å². The zero-order chi connectivity index (χ0) is 14.8. The number of aromatic amines is 1. The number of rotatable bonds is 3. The number of aliphatic carboxylic acids is 1. The number of carboxylic acid groups (broad SMARTS) is 1. The number of fused-ring (bicyclic) bond motifs is 1. The second-order valence-corrected chi connectivity index (χ2v) is 5.34. The standard InChI is InChI=1S/C13H18N4O4/c18-12(19)3-8-6-17(1-2-21-8)13(20)10-4-9-11(5-14-10)16-7-15-9/h7-8,10,14H,1-6H2,(H,15,16)(H,18,19). The van der Waals surface area contributed by atoms with Crippen LogP contribution in [-0.4, -0.2) is 63.7 Å². The Balaban J connectivity index is 1.61. The fraction of sp³-hybridized carbons (Fsp3) is 0.615. The van der Waals surface area contributed by atoms with Gasteiger partial charge in [0.1, 0.15) is 0 Å². The van der Waals surface area contributed by atoms with Crippen LogP contribution < -0.4 is 5.32 Å². The second kappa shape index (κ2) is 5.82. The molecule has 0 bridgehead atoms. The Morgan fingerprint density at radius 2 is 2.38 bits per heavy atom. The van der Waals surface area contributed by atoms with Gasteiger partial charge in [-0.2, -0.15) is 0 Å². The number of carboxylic acids is 1. The van der Waals surface area contributed by atoms with Crippen LogP contribution in [0.5, 0.6) is 0 Å². The summed E-state index contributed by atoms with van der Waals surface area (Å²) in [5.74, 6) is -0.923. The van der Waals surface area contributed by atoms with E-state index in [1.54, 1.807) is 11.2 Å². The van der Waals surface area contributed by atoms with E-state index in [1.165, 1.54) is 0 Å². The summed E-state index contributed by atoms with van der Waals surface area (Å²) in [5, 5.41) is 12.0. The monoisotopic (exact) mass is 294 g/mol. The van der Waals surface area contributed by atoms with Gasteiger partial charge in [0, 0.05) is 26.1 Å². The second-order valence-electron chi connectivity index (χ2n) is 5.34. The molecule has 21 heavy (non-hydrogen) atoms. The summed E-state index contributed by atoms with van der Waals surface area (Å²) < 4.78 is 5.39. The molecule has 8 nitrogen and oxygen atoms in total. The van der Waals surface area contributed by atoms with Crippen LogP contribution in [0, 0.1) is 0 Å². The third-order valence-corrected chi connectivity index (χ3v) is 3.88. The number of morpholine rings is 1. The van der Waals surface area contributed by atoms with Crippen molar-refractivity contribution in [1.29, 1.82) is 0 Å². The highest BCUT2D eigenvalue weighted by atomic mass is 16.5. The van der Waals surface area contributed by atoms with Crippen LogP contribution in [0.15, 0.2) is 6.33 Å². The minimum Gasteiger partial charge on any atom is -0.481 e. The van der Waals surface area contributed by atoms with Gasteiger partial charge >= 0.3 is 5.97 Å². The average Bonchev–Trinajstić information content (AvgIpc) is 2.93. The van der Waals surface area contributed by atoms with Gasteiger partial charge in [0.15, 0.2) is 0 Å². The molecule has 1 amide bonds. The quantitative estimate of drug-likeness (QED) is 0.668. The smallest absolute Gasteiger partial charge is 0.306 e. The highest BCUT2D eigenvalue weighted by Gasteiger charge is 2.32. The van der Waals surface area contributed by atoms with E-state index >= 15 is 0 Å². The van der Waals surface area contributed by atoms with Gasteiger partial charge in [0.25, 0.3) is 0 Å². The summed E-state index contributed by atoms with van der Waals surface area (Å²) in [6, 6.07) is -0.302. The molecule has 114 valence electrons. The topological polar surface area (TPSA) is 108 Å². The molecule has 8 heteroatoms. The first kappa shape index (κ1) is 14.0. The summed E-state index contributed by atoms with van der Waals surface area (Å²) in [6.45, 7) is 1.80. The molecule has 0 saturated carbocycles. The maximum Gasteiger partial charge on any atom is 0.306 e. The van der Waals surface area contributed by atoms with E-state index in [1.807, 2.05) is 0 Å². The van der Waals surface area contributed by atoms with Crippen LogP contribution in [0.3, 0.4) is 0 Å². The minimum atomic E-state index is -0.911. The van der Waals surface area contributed by atoms with Crippen molar-refractivity contribution in [2.45, 2.75) is 31.5 Å². The van der Waals surface area contributed by atoms with E-state index in [-0.39, 0.29) is 18.4 Å². The Bertz CT molecular complexity index is 544. The molecule has 3 N–H and O–H groups in total. The Morgan fingerprint density at radius 3 is 3.19 bits per heavy atom. The number of hydrogen-bond acceptors (Lipinski definition) is 5. The summed E-state index contributed by atoms with van der Waals surface area (Å²) in [7, 11) is 0. The van der Waals surface area contributed by atoms with Crippen LogP contribution in [0.2, 0.25) is 0 Å². The molecule has 0 aromatic carbocycles. The third kappa shape index (κ3) is 3.06. The molecule has 2 aliphatic rings. The highest BCUT2D eigenvalue weighted by Crippen LogP contribution is 2.16. The molecule has 3 rings (SSSR count). The third-order valence-electron chi connectivity index (χ3n) is 3.88. The Kier molecular flexibility index (Phi) is 3.89. The molecule has 2 aliphatic heterocycles. The number of imidazole rings is 1. The van der Waals surface area contributed by atoms with Gasteiger partial charge in [0.05, 0.1) is 42.9 Å². The van der Waals surface area contributed by atoms with Gasteiger partial charge in [-0.05, 0) is 0 Å². The lowest BCUT2D eigenvalue weighted by molar-refractivity contribution is -0.148. The van der Waals surface area contributed by atoms with Crippen LogP contribution in [0.4, 0.5) is 0 Å². The van der Waals surface area contributed by atoms with Crippen molar-refractivity contribution in [3.05, 3.63) is 17.7 Å². The zero-order valence-corrected chi connectivity index (χ0v) is 11.5. The van der Waals surface area contributed by atoms with Crippen molar-refractivity contribution in [2.24, 2.45) is 0 Å². The van der Waals surface area contributed by atoms with Crippen LogP contribution >= 0.6 is 0 Å². The molecule has 1 aromatic rings. The lowest BCUT2D eigenvalue weighted by atomic mass is 10.0. The van der Waals surface area contributed by atoms with E-state index < -0.39 is 12.1 Å². The predicted octanol–water partition coefficient (Wildman–Crippen LogP) is -0.874. The first-order chi connectivity index (χ1) is 10.1. The van der Waals surface area contributed by atoms with Crippen LogP contribution in [0.25, 0.3) is 0 Å². The van der Waals surface area contributed by atoms with Gasteiger partial charge in [0.2, 0.25) is 5.91 Å². The predicted molar refractivity (Wildman–Crippen MR) is 71.5 cm³/mol. The molecule has 1 fully saturated rings. The van der Waals surface area contributed by atoms with Crippen LogP contribution in [0.1, 0.15) is 17.8 Å². The molecule has 1 saturated heterocycles. The van der Waals surface area contributed by atoms with Crippen LogP contribution in [-0.2, 0) is 27.3 Å². The van der Waals surface area contributed by atoms with Crippen molar-refractivity contribution in [3.8, 4) is 0 Å². The number of carbonyl (C=O) groups excluding carboxylic acids is 1. The number of H-pyrrole nitrogens is 1. The fourth-order valence-electron chi connectivity index (χ4n) is 2.80. The number of ether oxygens (including phenoxy) is 1. The lowest BCUT2D eigenvalue weighted by Crippen LogP contribution is -2.54. The number of aromatic nitrogens is 2. The highest BCUT2D eigenvalue weighted by molar-refractivity contribution is 5.82. The maximum absolute atomic E-state index is 12.5. The molecule has 0 aliphatic carbocycles. The van der Waals surface area contributed by atoms with Crippen molar-refractivity contribution < 1.29 is 19.4 Å². The maximum atomic E-state index is 12.5. The zero-order valence-electron chi connectivity index (χ0n) is 11.5. The molecule has 0 radical (unpaired) electrons. The summed E-state index contributed by atoms with van der Waals surface area (Å²) in [6.07, 6.45) is 1.69. The molecular formula is C13H18N4O4. The summed E-state index contributed by atoms with van der Waals surface area (Å²) >= 11 is 0. The van der Waals surface area contributed by atoms with E-state index in [0.717, 1.165) is 11.4 Å². The largest absolute Gasteiger partial charge is 0.481 e. The van der Waals surface area contributed by atoms with Gasteiger partial charge in [-0.15, -0.1) is 0 Å². The first-order valence-electron chi connectivity index (χ1n) is 7.00. The van der Waals surface area contributed by atoms with Crippen molar-refractivity contribution in [2.75, 3.05) is 19.7 Å². The van der Waals surface area contributed by atoms with E-state index in [4.69, 9.17) is 9.84 Å². The van der Waals surface area contributed by atoms with Crippen molar-refractivity contribution in [1.82, 2.24) is 20.2 Å². The van der Waals surface area contributed by atoms with Gasteiger partial charge in [-0.3, -0.25) is 14.9 Å². The molecule has 3 heterocycles. The molecule has 2 unspecified atom stereocenters. The molecule has 0 spiro atoms. The van der Waals surface area contributed by atoms with Gasteiger partial charge in [-0.25, -0.2) is 4.98 Å². The number of nitrogens with zero attached hydrogens (tertiary/aromatic N) is 2. The summed E-state index contributed by atoms with van der Waals surface area (Å²) in [4.78, 5) is 32.2. The Labute approximate surface area is 121 Å². The number of carbonyl (C=O) groups is 2. The fourth-order valence-corrected chi connectivity index (χ4v) is 2.80. The van der Waals surface area contributed by atoms with Gasteiger partial charge in [-0.1, -0.05) is 0 Å². The van der Waals surface area contributed by atoms with Crippen molar-refractivity contribution in [3.63, 3.8) is 0 Å². The number of hydrogen-bond donors (Lipinski definition) is 3. The van der Waals surface area contributed by atoms with Crippen molar-refractivity contribution >= 4 is 11.9 Å². The molecule has 2 atom stereocenters. The lowest BCUT2D eigenvalue weighted by Gasteiger charge is -2.35. The first-order valence-corrected chi connectivity index (χ1v) is 7.00. The van der Waals surface area contributed by atoms with E-state index in [0.29, 0.717) is 32.7 Å². The Hall–Kier alpha value is -1.93. The van der Waals surface area contributed by atoms with E-state index in [9.17, 15) is 9.59 Å². The number of amides is 1. The SMILES string of the molecule is O=C(O)CC1CN(C(=O)C2Cc3nc[nH]c3CN2)CCO1. The normalized spacial score (nSPS) is 25.4. The Morgan fingerprint density at radius 1 is 1.52 bits per heavy atom. The van der Waals surface area contributed by atoms with Gasteiger partial charge < -0.3 is 19.7 Å². The molecular weight excluding hydrogens is 276 g/mol. The summed E-state index contributed by atoms with van der Waals surface area (Å²) in [5.41, 5.74) is 1.94. The minimum absolute atomic E-state index is 0.0117. The molecule has 1 aromatic heterocycles.